The lowest BCUT2D eigenvalue weighted by Gasteiger charge is -2.38. The van der Waals surface area contributed by atoms with Crippen molar-refractivity contribution in [2.45, 2.75) is 110 Å². The SMILES string of the molecule is CCCOc1ccc(C(CCC2(CC)CCCCC2)CC2=CCCCC2)cc1. The molecule has 1 fully saturated rings. The molecule has 0 aromatic heterocycles. The third-order valence-corrected chi connectivity index (χ3v) is 7.41. The normalized spacial score (nSPS) is 20.4. The second kappa shape index (κ2) is 11.1. The minimum atomic E-state index is 0.627. The van der Waals surface area contributed by atoms with E-state index in [-0.39, 0.29) is 0 Å². The van der Waals surface area contributed by atoms with Crippen molar-refractivity contribution in [2.75, 3.05) is 6.61 Å². The third-order valence-electron chi connectivity index (χ3n) is 7.41. The van der Waals surface area contributed by atoms with Crippen molar-refractivity contribution in [3.63, 3.8) is 0 Å². The van der Waals surface area contributed by atoms with Gasteiger partial charge in [-0.3, -0.25) is 0 Å². The maximum Gasteiger partial charge on any atom is 0.119 e. The summed E-state index contributed by atoms with van der Waals surface area (Å²) in [5.74, 6) is 1.70. The highest BCUT2D eigenvalue weighted by Gasteiger charge is 2.31. The largest absolute Gasteiger partial charge is 0.494 e. The van der Waals surface area contributed by atoms with Crippen LogP contribution in [-0.4, -0.2) is 6.61 Å². The van der Waals surface area contributed by atoms with Crippen LogP contribution in [-0.2, 0) is 0 Å². The van der Waals surface area contributed by atoms with Crippen LogP contribution in [0.1, 0.15) is 115 Å². The highest BCUT2D eigenvalue weighted by atomic mass is 16.5. The summed E-state index contributed by atoms with van der Waals surface area (Å²) < 4.78 is 5.82. The summed E-state index contributed by atoms with van der Waals surface area (Å²) in [5.41, 5.74) is 3.87. The Balaban J connectivity index is 1.69. The van der Waals surface area contributed by atoms with Gasteiger partial charge < -0.3 is 4.74 Å². The average Bonchev–Trinajstić information content (AvgIpc) is 2.77. The van der Waals surface area contributed by atoms with Gasteiger partial charge in [0.05, 0.1) is 6.61 Å². The maximum atomic E-state index is 5.82. The number of rotatable bonds is 10. The van der Waals surface area contributed by atoms with Gasteiger partial charge in [-0.05, 0) is 93.2 Å². The second-order valence-corrected chi connectivity index (χ2v) is 9.38. The lowest BCUT2D eigenvalue weighted by molar-refractivity contribution is 0.156. The van der Waals surface area contributed by atoms with Crippen LogP contribution in [0.3, 0.4) is 0 Å². The fourth-order valence-electron chi connectivity index (χ4n) is 5.41. The quantitative estimate of drug-likeness (QED) is 0.368. The van der Waals surface area contributed by atoms with Crippen molar-refractivity contribution in [1.82, 2.24) is 0 Å². The highest BCUT2D eigenvalue weighted by molar-refractivity contribution is 5.30. The summed E-state index contributed by atoms with van der Waals surface area (Å²) in [6.07, 6.45) is 21.7. The van der Waals surface area contributed by atoms with E-state index in [9.17, 15) is 0 Å². The fraction of sp³-hybridized carbons (Fsp3) is 0.704. The van der Waals surface area contributed by atoms with Crippen LogP contribution in [0.2, 0.25) is 0 Å². The minimum absolute atomic E-state index is 0.627. The van der Waals surface area contributed by atoms with Crippen molar-refractivity contribution in [3.8, 4) is 5.75 Å². The van der Waals surface area contributed by atoms with E-state index in [1.807, 2.05) is 0 Å². The van der Waals surface area contributed by atoms with Gasteiger partial charge in [0, 0.05) is 0 Å². The van der Waals surface area contributed by atoms with E-state index in [0.29, 0.717) is 11.3 Å². The summed E-state index contributed by atoms with van der Waals surface area (Å²) in [7, 11) is 0. The van der Waals surface area contributed by atoms with E-state index < -0.39 is 0 Å². The van der Waals surface area contributed by atoms with Crippen molar-refractivity contribution >= 4 is 0 Å². The van der Waals surface area contributed by atoms with E-state index in [1.165, 1.54) is 89.0 Å². The molecule has 1 aromatic rings. The fourth-order valence-corrected chi connectivity index (χ4v) is 5.41. The Morgan fingerprint density at radius 1 is 0.964 bits per heavy atom. The predicted octanol–water partition coefficient (Wildman–Crippen LogP) is 8.59. The van der Waals surface area contributed by atoms with E-state index in [4.69, 9.17) is 4.74 Å². The van der Waals surface area contributed by atoms with E-state index in [0.717, 1.165) is 18.8 Å². The Kier molecular flexibility index (Phi) is 8.49. The first-order valence-electron chi connectivity index (χ1n) is 12.2. The van der Waals surface area contributed by atoms with E-state index in [2.05, 4.69) is 44.2 Å². The first kappa shape index (κ1) is 21.5. The van der Waals surface area contributed by atoms with Crippen molar-refractivity contribution in [1.29, 1.82) is 0 Å². The zero-order chi connectivity index (χ0) is 19.7. The summed E-state index contributed by atoms with van der Waals surface area (Å²) in [4.78, 5) is 0. The molecule has 28 heavy (non-hydrogen) atoms. The molecule has 0 spiro atoms. The number of ether oxygens (including phenoxy) is 1. The molecule has 0 bridgehead atoms. The monoisotopic (exact) mass is 382 g/mol. The maximum absolute atomic E-state index is 5.82. The van der Waals surface area contributed by atoms with Gasteiger partial charge in [-0.1, -0.05) is 63.3 Å². The van der Waals surface area contributed by atoms with Gasteiger partial charge in [0.1, 0.15) is 5.75 Å². The molecule has 0 N–H and O–H groups in total. The molecule has 2 aliphatic rings. The molecule has 0 saturated heterocycles. The molecule has 1 aromatic carbocycles. The number of hydrogen-bond acceptors (Lipinski definition) is 1. The van der Waals surface area contributed by atoms with Gasteiger partial charge in [-0.2, -0.15) is 0 Å². The van der Waals surface area contributed by atoms with Crippen molar-refractivity contribution in [3.05, 3.63) is 41.5 Å². The molecular formula is C27H42O. The molecule has 3 rings (SSSR count). The van der Waals surface area contributed by atoms with Gasteiger partial charge in [-0.25, -0.2) is 0 Å². The molecule has 0 amide bonds. The predicted molar refractivity (Wildman–Crippen MR) is 121 cm³/mol. The lowest BCUT2D eigenvalue weighted by atomic mass is 9.68. The molecule has 1 saturated carbocycles. The van der Waals surface area contributed by atoms with Crippen LogP contribution in [0.4, 0.5) is 0 Å². The summed E-state index contributed by atoms with van der Waals surface area (Å²) >= 11 is 0. The molecule has 0 aliphatic heterocycles. The first-order valence-corrected chi connectivity index (χ1v) is 12.2. The third kappa shape index (κ3) is 6.13. The van der Waals surface area contributed by atoms with Gasteiger partial charge >= 0.3 is 0 Å². The molecular weight excluding hydrogens is 340 g/mol. The number of benzene rings is 1. The molecule has 156 valence electrons. The number of hydrogen-bond donors (Lipinski definition) is 0. The minimum Gasteiger partial charge on any atom is -0.494 e. The summed E-state index contributed by atoms with van der Waals surface area (Å²) in [5, 5.41) is 0. The highest BCUT2D eigenvalue weighted by Crippen LogP contribution is 2.45. The van der Waals surface area contributed by atoms with Gasteiger partial charge in [0.15, 0.2) is 0 Å². The summed E-state index contributed by atoms with van der Waals surface area (Å²) in [6.45, 7) is 5.41. The van der Waals surface area contributed by atoms with Crippen LogP contribution in [0.15, 0.2) is 35.9 Å². The molecule has 1 heteroatoms. The summed E-state index contributed by atoms with van der Waals surface area (Å²) in [6, 6.07) is 9.09. The van der Waals surface area contributed by atoms with Crippen LogP contribution < -0.4 is 4.74 Å². The Hall–Kier alpha value is -1.24. The Bertz CT molecular complexity index is 591. The molecule has 1 nitrogen and oxygen atoms in total. The smallest absolute Gasteiger partial charge is 0.119 e. The Morgan fingerprint density at radius 2 is 1.75 bits per heavy atom. The number of allylic oxidation sites excluding steroid dienone is 2. The zero-order valence-corrected chi connectivity index (χ0v) is 18.5. The molecule has 1 unspecified atom stereocenters. The molecule has 0 heterocycles. The lowest BCUT2D eigenvalue weighted by Crippen LogP contribution is -2.24. The van der Waals surface area contributed by atoms with Crippen molar-refractivity contribution < 1.29 is 4.74 Å². The topological polar surface area (TPSA) is 9.23 Å². The molecule has 0 radical (unpaired) electrons. The van der Waals surface area contributed by atoms with Gasteiger partial charge in [-0.15, -0.1) is 0 Å². The first-order chi connectivity index (χ1) is 13.7. The van der Waals surface area contributed by atoms with Crippen LogP contribution in [0.5, 0.6) is 5.75 Å². The van der Waals surface area contributed by atoms with Gasteiger partial charge in [0.2, 0.25) is 0 Å². The zero-order valence-electron chi connectivity index (χ0n) is 18.5. The van der Waals surface area contributed by atoms with E-state index in [1.54, 1.807) is 5.57 Å². The average molecular weight is 383 g/mol. The van der Waals surface area contributed by atoms with Crippen LogP contribution in [0, 0.1) is 5.41 Å². The van der Waals surface area contributed by atoms with Crippen molar-refractivity contribution in [2.24, 2.45) is 5.41 Å². The Morgan fingerprint density at radius 3 is 2.39 bits per heavy atom. The molecule has 2 aliphatic carbocycles. The van der Waals surface area contributed by atoms with Crippen LogP contribution >= 0.6 is 0 Å². The van der Waals surface area contributed by atoms with Crippen LogP contribution in [0.25, 0.3) is 0 Å². The van der Waals surface area contributed by atoms with Gasteiger partial charge in [0.25, 0.3) is 0 Å². The second-order valence-electron chi connectivity index (χ2n) is 9.38. The van der Waals surface area contributed by atoms with E-state index >= 15 is 0 Å². The standard InChI is InChI=1S/C27H42O/c1-3-21-28-26-15-13-24(14-16-26)25(22-23-11-7-5-8-12-23)17-20-27(4-2)18-9-6-10-19-27/h11,13-16,25H,3-10,12,17-22H2,1-2H3. The Labute approximate surface area is 174 Å². The molecule has 1 atom stereocenters.